The van der Waals surface area contributed by atoms with Crippen molar-refractivity contribution in [2.24, 2.45) is 0 Å². The summed E-state index contributed by atoms with van der Waals surface area (Å²) in [5.41, 5.74) is 3.38. The molecular weight excluding hydrogens is 385 g/mol. The number of hydrogen-bond donors (Lipinski definition) is 0. The first kappa shape index (κ1) is 19.4. The zero-order chi connectivity index (χ0) is 21.1. The van der Waals surface area contributed by atoms with Crippen LogP contribution in [-0.4, -0.2) is 54.2 Å². The number of aryl methyl sites for hydroxylation is 1. The number of pyridine rings is 1. The molecule has 1 amide bonds. The minimum absolute atomic E-state index is 0.126. The quantitative estimate of drug-likeness (QED) is 0.493. The Hall–Kier alpha value is -3.88. The molecule has 4 rings (SSSR count). The fourth-order valence-corrected chi connectivity index (χ4v) is 3.05. The molecule has 8 nitrogen and oxygen atoms in total. The number of carbonyl (C=O) groups excluding carboxylic acids is 1. The number of rotatable bonds is 6. The van der Waals surface area contributed by atoms with Gasteiger partial charge in [-0.05, 0) is 37.3 Å². The van der Waals surface area contributed by atoms with Crippen molar-refractivity contribution < 1.29 is 9.18 Å². The van der Waals surface area contributed by atoms with Crippen molar-refractivity contribution in [2.75, 3.05) is 13.6 Å². The summed E-state index contributed by atoms with van der Waals surface area (Å²) in [5.74, 6) is -0.516. The second-order valence-corrected chi connectivity index (χ2v) is 6.89. The molecule has 30 heavy (non-hydrogen) atoms. The van der Waals surface area contributed by atoms with E-state index >= 15 is 0 Å². The van der Waals surface area contributed by atoms with E-state index < -0.39 is 0 Å². The predicted molar refractivity (Wildman–Crippen MR) is 108 cm³/mol. The molecule has 0 spiro atoms. The molecule has 0 aliphatic rings. The maximum absolute atomic E-state index is 13.1. The normalized spacial score (nSPS) is 10.9. The van der Waals surface area contributed by atoms with E-state index in [1.54, 1.807) is 35.1 Å². The van der Waals surface area contributed by atoms with Crippen molar-refractivity contribution in [2.45, 2.75) is 13.5 Å². The highest BCUT2D eigenvalue weighted by Gasteiger charge is 2.18. The maximum atomic E-state index is 13.1. The van der Waals surface area contributed by atoms with E-state index in [0.29, 0.717) is 35.7 Å². The highest BCUT2D eigenvalue weighted by atomic mass is 19.1. The zero-order valence-corrected chi connectivity index (χ0v) is 16.6. The highest BCUT2D eigenvalue weighted by molar-refractivity contribution is 5.97. The van der Waals surface area contributed by atoms with E-state index in [0.717, 1.165) is 11.8 Å². The number of halogens is 1. The Morgan fingerprint density at radius 3 is 2.63 bits per heavy atom. The van der Waals surface area contributed by atoms with Gasteiger partial charge in [0.1, 0.15) is 11.5 Å². The number of benzene rings is 1. The van der Waals surface area contributed by atoms with Crippen molar-refractivity contribution in [3.8, 4) is 17.1 Å². The topological polar surface area (TPSA) is 81.7 Å². The summed E-state index contributed by atoms with van der Waals surface area (Å²) in [6, 6.07) is 10.3. The lowest BCUT2D eigenvalue weighted by Crippen LogP contribution is -2.31. The average Bonchev–Trinajstić information content (AvgIpc) is 3.44. The second kappa shape index (κ2) is 8.24. The predicted octanol–water partition coefficient (Wildman–Crippen LogP) is 2.75. The number of nitrogens with zero attached hydrogens (tertiary/aromatic N) is 7. The molecule has 1 aromatic carbocycles. The van der Waals surface area contributed by atoms with Crippen LogP contribution in [-0.2, 0) is 6.54 Å². The minimum Gasteiger partial charge on any atom is -0.340 e. The van der Waals surface area contributed by atoms with Crippen molar-refractivity contribution >= 4 is 5.91 Å². The Balaban J connectivity index is 1.46. The summed E-state index contributed by atoms with van der Waals surface area (Å²) >= 11 is 0. The van der Waals surface area contributed by atoms with Gasteiger partial charge in [0.05, 0.1) is 42.1 Å². The Morgan fingerprint density at radius 1 is 1.10 bits per heavy atom. The fraction of sp³-hybridized carbons (Fsp3) is 0.190. The minimum atomic E-state index is -0.390. The van der Waals surface area contributed by atoms with Crippen LogP contribution in [0.2, 0.25) is 0 Å². The molecule has 0 saturated heterocycles. The molecule has 0 aliphatic heterocycles. The van der Waals surface area contributed by atoms with Crippen molar-refractivity contribution in [1.82, 2.24) is 34.7 Å². The van der Waals surface area contributed by atoms with Crippen molar-refractivity contribution in [3.63, 3.8) is 0 Å². The van der Waals surface area contributed by atoms with Crippen LogP contribution in [0.15, 0.2) is 61.2 Å². The number of aromatic nitrogens is 6. The summed E-state index contributed by atoms with van der Waals surface area (Å²) in [5, 5.41) is 12.7. The highest BCUT2D eigenvalue weighted by Crippen LogP contribution is 2.17. The van der Waals surface area contributed by atoms with Crippen LogP contribution in [0.5, 0.6) is 0 Å². The molecule has 4 aromatic rings. The first-order valence-corrected chi connectivity index (χ1v) is 9.39. The molecule has 152 valence electrons. The molecule has 9 heteroatoms. The van der Waals surface area contributed by atoms with Gasteiger partial charge in [-0.1, -0.05) is 11.6 Å². The fourth-order valence-electron chi connectivity index (χ4n) is 3.05. The molecule has 0 unspecified atom stereocenters. The van der Waals surface area contributed by atoms with Gasteiger partial charge in [0.2, 0.25) is 0 Å². The van der Waals surface area contributed by atoms with Gasteiger partial charge in [0.25, 0.3) is 5.91 Å². The molecule has 0 fully saturated rings. The van der Waals surface area contributed by atoms with Crippen LogP contribution in [0, 0.1) is 12.7 Å². The van der Waals surface area contributed by atoms with Gasteiger partial charge < -0.3 is 4.90 Å². The first-order valence-electron chi connectivity index (χ1n) is 9.39. The van der Waals surface area contributed by atoms with Crippen LogP contribution in [0.4, 0.5) is 4.39 Å². The van der Waals surface area contributed by atoms with Crippen LogP contribution >= 0.6 is 0 Å². The third-order valence-corrected chi connectivity index (χ3v) is 4.66. The lowest BCUT2D eigenvalue weighted by atomic mass is 10.1. The number of carbonyl (C=O) groups is 1. The third-order valence-electron chi connectivity index (χ3n) is 4.66. The second-order valence-electron chi connectivity index (χ2n) is 6.89. The largest absolute Gasteiger partial charge is 0.340 e. The first-order chi connectivity index (χ1) is 14.5. The van der Waals surface area contributed by atoms with Crippen LogP contribution in [0.25, 0.3) is 17.1 Å². The molecule has 0 N–H and O–H groups in total. The van der Waals surface area contributed by atoms with Gasteiger partial charge in [0.15, 0.2) is 0 Å². The smallest absolute Gasteiger partial charge is 0.255 e. The average molecular weight is 405 g/mol. The molecule has 0 aliphatic carbocycles. The van der Waals surface area contributed by atoms with Gasteiger partial charge >= 0.3 is 0 Å². The molecular formula is C21H20FN7O. The molecule has 0 radical (unpaired) electrons. The third kappa shape index (κ3) is 4.09. The Bertz CT molecular complexity index is 1150. The molecule has 0 bridgehead atoms. The summed E-state index contributed by atoms with van der Waals surface area (Å²) < 4.78 is 14.8. The van der Waals surface area contributed by atoms with Crippen LogP contribution < -0.4 is 0 Å². The molecule has 0 saturated carbocycles. The van der Waals surface area contributed by atoms with Gasteiger partial charge in [0, 0.05) is 19.8 Å². The maximum Gasteiger partial charge on any atom is 0.255 e. The Labute approximate surface area is 172 Å². The van der Waals surface area contributed by atoms with Crippen LogP contribution in [0.1, 0.15) is 15.9 Å². The standard InChI is InChI=1S/C21H20FN7O/c1-15-3-6-20(29-24-8-9-25-29)17(13-15)21(30)27(2)11-12-28-10-7-19(26-28)18-5-4-16(22)14-23-18/h3-10,13-14H,11-12H2,1-2H3. The molecule has 0 atom stereocenters. The summed E-state index contributed by atoms with van der Waals surface area (Å²) in [4.78, 5) is 20.2. The lowest BCUT2D eigenvalue weighted by Gasteiger charge is -2.19. The van der Waals surface area contributed by atoms with E-state index in [1.807, 2.05) is 37.4 Å². The van der Waals surface area contributed by atoms with E-state index in [9.17, 15) is 9.18 Å². The monoisotopic (exact) mass is 405 g/mol. The van der Waals surface area contributed by atoms with E-state index in [-0.39, 0.29) is 11.7 Å². The van der Waals surface area contributed by atoms with Gasteiger partial charge in [-0.25, -0.2) is 4.39 Å². The van der Waals surface area contributed by atoms with E-state index in [1.165, 1.54) is 10.9 Å². The van der Waals surface area contributed by atoms with Crippen LogP contribution in [0.3, 0.4) is 0 Å². The number of hydrogen-bond acceptors (Lipinski definition) is 5. The van der Waals surface area contributed by atoms with Crippen molar-refractivity contribution in [1.29, 1.82) is 0 Å². The van der Waals surface area contributed by atoms with Gasteiger partial charge in [-0.3, -0.25) is 14.5 Å². The number of likely N-dealkylation sites (N-methyl/N-ethyl adjacent to an activating group) is 1. The Kier molecular flexibility index (Phi) is 5.34. The Morgan fingerprint density at radius 2 is 1.90 bits per heavy atom. The molecule has 3 heterocycles. The zero-order valence-electron chi connectivity index (χ0n) is 16.6. The van der Waals surface area contributed by atoms with Gasteiger partial charge in [-0.2, -0.15) is 20.1 Å². The summed E-state index contributed by atoms with van der Waals surface area (Å²) in [6.07, 6.45) is 6.12. The SMILES string of the molecule is Cc1ccc(-n2nccn2)c(C(=O)N(C)CCn2ccc(-c3ccc(F)cn3)n2)c1. The van der Waals surface area contributed by atoms with Gasteiger partial charge in [-0.15, -0.1) is 0 Å². The number of amides is 1. The summed E-state index contributed by atoms with van der Waals surface area (Å²) in [7, 11) is 1.75. The van der Waals surface area contributed by atoms with Crippen molar-refractivity contribution in [3.05, 3.63) is 78.1 Å². The summed E-state index contributed by atoms with van der Waals surface area (Å²) in [6.45, 7) is 2.90. The van der Waals surface area contributed by atoms with E-state index in [2.05, 4.69) is 20.3 Å². The van der Waals surface area contributed by atoms with E-state index in [4.69, 9.17) is 0 Å². The molecule has 3 aromatic heterocycles. The lowest BCUT2D eigenvalue weighted by molar-refractivity contribution is 0.0788.